The van der Waals surface area contributed by atoms with Crippen LogP contribution in [-0.2, 0) is 0 Å². The minimum Gasteiger partial charge on any atom is -0.223 e. The van der Waals surface area contributed by atoms with Gasteiger partial charge >= 0.3 is 0 Å². The Bertz CT molecular complexity index is 728. The van der Waals surface area contributed by atoms with Gasteiger partial charge in [0.15, 0.2) is 5.70 Å². The van der Waals surface area contributed by atoms with E-state index in [9.17, 15) is 10.5 Å². The predicted octanol–water partition coefficient (Wildman–Crippen LogP) is 3.92. The summed E-state index contributed by atoms with van der Waals surface area (Å²) in [4.78, 5) is 4.78. The van der Waals surface area contributed by atoms with Crippen molar-refractivity contribution in [1.82, 2.24) is 14.8 Å². The molecule has 0 N–H and O–H groups in total. The molecule has 0 saturated carbocycles. The standard InChI is InChI=1S/C17H19N5S/c1-4-5-6-15-14(8-18)7-12(2)17(15)23-13(3)16(9-19)22-11-20-10-21-22/h5-6,10-12,17H,4,7H2,1-3H3/b6-5-,16-13+. The van der Waals surface area contributed by atoms with Crippen LogP contribution in [0.15, 0.2) is 40.9 Å². The van der Waals surface area contributed by atoms with Gasteiger partial charge in [-0.15, -0.1) is 11.8 Å². The first-order chi connectivity index (χ1) is 11.1. The van der Waals surface area contributed by atoms with Crippen LogP contribution in [-0.4, -0.2) is 20.0 Å². The topological polar surface area (TPSA) is 78.3 Å². The zero-order valence-corrected chi connectivity index (χ0v) is 14.3. The Kier molecular flexibility index (Phi) is 5.78. The lowest BCUT2D eigenvalue weighted by Gasteiger charge is -2.18. The number of allylic oxidation sites excluding steroid dienone is 5. The molecular weight excluding hydrogens is 306 g/mol. The quantitative estimate of drug-likeness (QED) is 0.767. The van der Waals surface area contributed by atoms with E-state index in [1.165, 1.54) is 17.3 Å². The van der Waals surface area contributed by atoms with Crippen LogP contribution in [0.5, 0.6) is 0 Å². The molecule has 0 amide bonds. The highest BCUT2D eigenvalue weighted by atomic mass is 32.2. The van der Waals surface area contributed by atoms with Crippen LogP contribution < -0.4 is 0 Å². The van der Waals surface area contributed by atoms with Gasteiger partial charge in [0.25, 0.3) is 0 Å². The third-order valence-corrected chi connectivity index (χ3v) is 5.28. The van der Waals surface area contributed by atoms with E-state index in [1.807, 2.05) is 6.92 Å². The maximum atomic E-state index is 9.43. The Morgan fingerprint density at radius 3 is 2.87 bits per heavy atom. The molecule has 2 atom stereocenters. The highest BCUT2D eigenvalue weighted by molar-refractivity contribution is 8.04. The van der Waals surface area contributed by atoms with Crippen LogP contribution in [0.1, 0.15) is 33.6 Å². The van der Waals surface area contributed by atoms with Crippen LogP contribution >= 0.6 is 11.8 Å². The molecule has 0 saturated heterocycles. The van der Waals surface area contributed by atoms with Gasteiger partial charge < -0.3 is 0 Å². The summed E-state index contributed by atoms with van der Waals surface area (Å²) in [6, 6.07) is 4.53. The highest BCUT2D eigenvalue weighted by Gasteiger charge is 2.32. The largest absolute Gasteiger partial charge is 0.223 e. The van der Waals surface area contributed by atoms with Crippen molar-refractivity contribution in [3.63, 3.8) is 0 Å². The number of hydrogen-bond donors (Lipinski definition) is 0. The molecule has 0 aromatic carbocycles. The average Bonchev–Trinajstić information content (AvgIpc) is 3.16. The van der Waals surface area contributed by atoms with Gasteiger partial charge in [0.05, 0.1) is 6.07 Å². The summed E-state index contributed by atoms with van der Waals surface area (Å²) >= 11 is 1.63. The molecule has 0 fully saturated rings. The zero-order chi connectivity index (χ0) is 16.8. The van der Waals surface area contributed by atoms with Crippen molar-refractivity contribution in [2.75, 3.05) is 0 Å². The lowest BCUT2D eigenvalue weighted by Crippen LogP contribution is -2.11. The van der Waals surface area contributed by atoms with E-state index in [1.54, 1.807) is 11.8 Å². The Labute approximate surface area is 141 Å². The predicted molar refractivity (Wildman–Crippen MR) is 91.8 cm³/mol. The van der Waals surface area contributed by atoms with Gasteiger partial charge in [0.2, 0.25) is 0 Å². The Balaban J connectivity index is 2.34. The maximum absolute atomic E-state index is 9.43. The summed E-state index contributed by atoms with van der Waals surface area (Å²) in [5, 5.41) is 23.0. The number of thioether (sulfide) groups is 1. The summed E-state index contributed by atoms with van der Waals surface area (Å²) < 4.78 is 1.48. The van der Waals surface area contributed by atoms with E-state index in [4.69, 9.17) is 0 Å². The Morgan fingerprint density at radius 1 is 1.52 bits per heavy atom. The van der Waals surface area contributed by atoms with Gasteiger partial charge in [-0.2, -0.15) is 15.6 Å². The molecule has 23 heavy (non-hydrogen) atoms. The number of rotatable bonds is 5. The summed E-state index contributed by atoms with van der Waals surface area (Å²) in [5.74, 6) is 0.358. The fraction of sp³-hybridized carbons (Fsp3) is 0.412. The van der Waals surface area contributed by atoms with Crippen molar-refractivity contribution >= 4 is 17.5 Å². The van der Waals surface area contributed by atoms with Crippen LogP contribution in [0.2, 0.25) is 0 Å². The van der Waals surface area contributed by atoms with Crippen LogP contribution in [0.4, 0.5) is 0 Å². The summed E-state index contributed by atoms with van der Waals surface area (Å²) in [5.41, 5.74) is 2.41. The second-order valence-electron chi connectivity index (χ2n) is 5.43. The lowest BCUT2D eigenvalue weighted by molar-refractivity contribution is 0.640. The van der Waals surface area contributed by atoms with Crippen LogP contribution in [0.3, 0.4) is 0 Å². The van der Waals surface area contributed by atoms with Gasteiger partial charge in [-0.1, -0.05) is 26.0 Å². The normalized spacial score (nSPS) is 22.1. The molecule has 1 aliphatic rings. The van der Waals surface area contributed by atoms with Crippen molar-refractivity contribution in [3.8, 4) is 12.1 Å². The third kappa shape index (κ3) is 3.72. The summed E-state index contributed by atoms with van der Waals surface area (Å²) in [6.07, 6.45) is 8.81. The SMILES string of the molecule is CC/C=C\C1=C(C#N)CC(C)C1S/C(C)=C(\C#N)n1cncn1. The minimum absolute atomic E-state index is 0.180. The molecule has 118 valence electrons. The molecule has 0 aliphatic heterocycles. The second-order valence-corrected chi connectivity index (χ2v) is 6.79. The first kappa shape index (κ1) is 17.1. The zero-order valence-electron chi connectivity index (χ0n) is 13.5. The smallest absolute Gasteiger partial charge is 0.153 e. The average molecular weight is 325 g/mol. The van der Waals surface area contributed by atoms with E-state index >= 15 is 0 Å². The number of hydrogen-bond acceptors (Lipinski definition) is 5. The molecule has 1 aromatic heterocycles. The summed E-state index contributed by atoms with van der Waals surface area (Å²) in [7, 11) is 0. The molecule has 5 nitrogen and oxygen atoms in total. The highest BCUT2D eigenvalue weighted by Crippen LogP contribution is 2.43. The first-order valence-electron chi connectivity index (χ1n) is 7.54. The second kappa shape index (κ2) is 7.80. The lowest BCUT2D eigenvalue weighted by atomic mass is 10.1. The van der Waals surface area contributed by atoms with Gasteiger partial charge in [0.1, 0.15) is 18.7 Å². The van der Waals surface area contributed by atoms with Crippen LogP contribution in [0.25, 0.3) is 5.70 Å². The molecule has 1 aromatic rings. The van der Waals surface area contributed by atoms with Crippen LogP contribution in [0, 0.1) is 28.6 Å². The molecular formula is C17H19N5S. The van der Waals surface area contributed by atoms with Crippen molar-refractivity contribution in [1.29, 1.82) is 10.5 Å². The molecule has 2 unspecified atom stereocenters. The molecule has 0 bridgehead atoms. The van der Waals surface area contributed by atoms with Crippen molar-refractivity contribution in [2.45, 2.75) is 38.9 Å². The maximum Gasteiger partial charge on any atom is 0.153 e. The Morgan fingerprint density at radius 2 is 2.30 bits per heavy atom. The third-order valence-electron chi connectivity index (χ3n) is 3.76. The first-order valence-corrected chi connectivity index (χ1v) is 8.42. The van der Waals surface area contributed by atoms with E-state index in [0.717, 1.165) is 28.9 Å². The molecule has 0 radical (unpaired) electrons. The molecule has 6 heteroatoms. The van der Waals surface area contributed by atoms with E-state index in [0.29, 0.717) is 11.6 Å². The number of nitriles is 2. The molecule has 2 rings (SSSR count). The van der Waals surface area contributed by atoms with Gasteiger partial charge in [0, 0.05) is 15.7 Å². The van der Waals surface area contributed by atoms with Gasteiger partial charge in [-0.05, 0) is 31.3 Å². The fourth-order valence-corrected chi connectivity index (χ4v) is 3.92. The van der Waals surface area contributed by atoms with Gasteiger partial charge in [-0.3, -0.25) is 0 Å². The fourth-order valence-electron chi connectivity index (χ4n) is 2.62. The molecule has 1 heterocycles. The Hall–Kier alpha value is -2.31. The monoisotopic (exact) mass is 325 g/mol. The van der Waals surface area contributed by atoms with Crippen molar-refractivity contribution < 1.29 is 0 Å². The van der Waals surface area contributed by atoms with Crippen molar-refractivity contribution in [2.24, 2.45) is 5.92 Å². The number of nitrogens with zero attached hydrogens (tertiary/aromatic N) is 5. The van der Waals surface area contributed by atoms with E-state index in [-0.39, 0.29) is 5.25 Å². The minimum atomic E-state index is 0.180. The number of aromatic nitrogens is 3. The summed E-state index contributed by atoms with van der Waals surface area (Å²) in [6.45, 7) is 6.15. The van der Waals surface area contributed by atoms with E-state index in [2.05, 4.69) is 48.2 Å². The molecule has 0 spiro atoms. The van der Waals surface area contributed by atoms with E-state index < -0.39 is 0 Å². The van der Waals surface area contributed by atoms with Crippen molar-refractivity contribution in [3.05, 3.63) is 40.9 Å². The van der Waals surface area contributed by atoms with Gasteiger partial charge in [-0.25, -0.2) is 9.67 Å². The molecule has 1 aliphatic carbocycles.